The van der Waals surface area contributed by atoms with Crippen molar-refractivity contribution < 1.29 is 0 Å². The van der Waals surface area contributed by atoms with Crippen LogP contribution in [0.5, 0.6) is 0 Å². The second-order valence-electron chi connectivity index (χ2n) is 7.25. The van der Waals surface area contributed by atoms with Gasteiger partial charge in [0.1, 0.15) is 5.69 Å². The molecule has 3 rings (SSSR count). The predicted molar refractivity (Wildman–Crippen MR) is 109 cm³/mol. The van der Waals surface area contributed by atoms with Crippen LogP contribution in [0.25, 0.3) is 22.9 Å². The van der Waals surface area contributed by atoms with Crippen molar-refractivity contribution in [3.63, 3.8) is 0 Å². The molecule has 0 saturated carbocycles. The third-order valence-corrected chi connectivity index (χ3v) is 5.12. The van der Waals surface area contributed by atoms with Crippen LogP contribution in [0.2, 0.25) is 0 Å². The zero-order valence-corrected chi connectivity index (χ0v) is 16.2. The van der Waals surface area contributed by atoms with Crippen molar-refractivity contribution in [2.45, 2.75) is 66.0 Å². The molecule has 1 heterocycles. The van der Waals surface area contributed by atoms with Crippen LogP contribution >= 0.6 is 0 Å². The Labute approximate surface area is 150 Å². The maximum Gasteiger partial charge on any atom is 0.116 e. The maximum absolute atomic E-state index is 4.70. The van der Waals surface area contributed by atoms with Gasteiger partial charge in [-0.15, -0.1) is 0 Å². The number of nitrogens with zero attached hydrogens (tertiary/aromatic N) is 2. The van der Waals surface area contributed by atoms with Crippen LogP contribution in [-0.2, 0) is 0 Å². The molecule has 0 saturated heterocycles. The van der Waals surface area contributed by atoms with Crippen LogP contribution in [0.4, 0.5) is 11.4 Å². The van der Waals surface area contributed by atoms with E-state index in [0.717, 1.165) is 17.8 Å². The fourth-order valence-electron chi connectivity index (χ4n) is 3.74. The molecule has 3 heteroatoms. The van der Waals surface area contributed by atoms with Gasteiger partial charge in [0.15, 0.2) is 0 Å². The van der Waals surface area contributed by atoms with E-state index in [1.807, 2.05) is 0 Å². The number of anilines is 1. The lowest BCUT2D eigenvalue weighted by Crippen LogP contribution is -2.32. The van der Waals surface area contributed by atoms with Gasteiger partial charge in [-0.1, -0.05) is 44.2 Å². The van der Waals surface area contributed by atoms with Gasteiger partial charge in [0.2, 0.25) is 0 Å². The summed E-state index contributed by atoms with van der Waals surface area (Å²) in [5, 5.41) is 18.0. The van der Waals surface area contributed by atoms with E-state index in [1.54, 1.807) is 0 Å². The Morgan fingerprint density at radius 2 is 1.96 bits per heavy atom. The van der Waals surface area contributed by atoms with Crippen LogP contribution in [0, 0.1) is 0 Å². The van der Waals surface area contributed by atoms with Crippen LogP contribution in [-0.4, -0.2) is 12.1 Å². The molecular formula is C22H29N3. The zero-order chi connectivity index (χ0) is 18.1. The van der Waals surface area contributed by atoms with E-state index < -0.39 is 0 Å². The normalized spacial score (nSPS) is 21.6. The third-order valence-electron chi connectivity index (χ3n) is 5.12. The maximum atomic E-state index is 4.70. The molecule has 0 aliphatic carbocycles. The van der Waals surface area contributed by atoms with Gasteiger partial charge in [-0.3, -0.25) is 0 Å². The minimum atomic E-state index is 0.182. The molecule has 0 spiro atoms. The summed E-state index contributed by atoms with van der Waals surface area (Å²) < 4.78 is 0. The number of azo groups is 1. The Morgan fingerprint density at radius 1 is 1.20 bits per heavy atom. The SMILES string of the molecule is CC=c1/c(=C\CC)c(N=NC(C)C)c2c3c(cccc13)C(C)C(C)N2. The van der Waals surface area contributed by atoms with Crippen molar-refractivity contribution in [2.24, 2.45) is 10.2 Å². The van der Waals surface area contributed by atoms with Crippen molar-refractivity contribution in [1.82, 2.24) is 0 Å². The van der Waals surface area contributed by atoms with Gasteiger partial charge in [0.25, 0.3) is 0 Å². The molecule has 3 nitrogen and oxygen atoms in total. The fraction of sp³-hybridized carbons (Fsp3) is 0.455. The zero-order valence-electron chi connectivity index (χ0n) is 16.2. The highest BCUT2D eigenvalue weighted by Crippen LogP contribution is 2.41. The molecule has 25 heavy (non-hydrogen) atoms. The molecule has 0 fully saturated rings. The first-order valence-electron chi connectivity index (χ1n) is 9.42. The first-order chi connectivity index (χ1) is 12.0. The predicted octanol–water partition coefficient (Wildman–Crippen LogP) is 5.24. The van der Waals surface area contributed by atoms with Gasteiger partial charge >= 0.3 is 0 Å². The molecule has 0 bridgehead atoms. The first kappa shape index (κ1) is 17.7. The molecule has 2 atom stereocenters. The molecule has 132 valence electrons. The van der Waals surface area contributed by atoms with Gasteiger partial charge in [0.05, 0.1) is 11.7 Å². The van der Waals surface area contributed by atoms with E-state index in [4.69, 9.17) is 5.11 Å². The first-order valence-corrected chi connectivity index (χ1v) is 9.42. The second kappa shape index (κ2) is 6.99. The van der Waals surface area contributed by atoms with E-state index in [9.17, 15) is 0 Å². The highest BCUT2D eigenvalue weighted by Gasteiger charge is 2.27. The summed E-state index contributed by atoms with van der Waals surface area (Å²) in [4.78, 5) is 0. The molecule has 2 aromatic rings. The molecule has 0 aromatic heterocycles. The fourth-order valence-corrected chi connectivity index (χ4v) is 3.74. The highest BCUT2D eigenvalue weighted by atomic mass is 15.1. The molecule has 1 aliphatic rings. The van der Waals surface area contributed by atoms with Crippen LogP contribution in [0.3, 0.4) is 0 Å². The molecule has 1 N–H and O–H groups in total. The lowest BCUT2D eigenvalue weighted by atomic mass is 9.84. The van der Waals surface area contributed by atoms with Crippen molar-refractivity contribution in [2.75, 3.05) is 5.32 Å². The van der Waals surface area contributed by atoms with E-state index in [1.165, 1.54) is 26.8 Å². The van der Waals surface area contributed by atoms with Gasteiger partial charge in [0, 0.05) is 22.6 Å². The number of nitrogens with one attached hydrogen (secondary N) is 1. The monoisotopic (exact) mass is 335 g/mol. The molecule has 2 aromatic carbocycles. The molecule has 0 amide bonds. The van der Waals surface area contributed by atoms with Gasteiger partial charge < -0.3 is 5.32 Å². The minimum absolute atomic E-state index is 0.182. The largest absolute Gasteiger partial charge is 0.380 e. The van der Waals surface area contributed by atoms with Crippen molar-refractivity contribution in [3.8, 4) is 0 Å². The number of benzene rings is 2. The van der Waals surface area contributed by atoms with Gasteiger partial charge in [-0.2, -0.15) is 10.2 Å². The Balaban J connectivity index is 2.55. The van der Waals surface area contributed by atoms with E-state index in [0.29, 0.717) is 12.0 Å². The summed E-state index contributed by atoms with van der Waals surface area (Å²) in [6.45, 7) is 13.0. The summed E-state index contributed by atoms with van der Waals surface area (Å²) in [5.74, 6) is 0.469. The molecule has 2 unspecified atom stereocenters. The van der Waals surface area contributed by atoms with Crippen LogP contribution in [0.15, 0.2) is 28.4 Å². The second-order valence-corrected chi connectivity index (χ2v) is 7.25. The molecule has 0 radical (unpaired) electrons. The Morgan fingerprint density at radius 3 is 2.60 bits per heavy atom. The standard InChI is InChI=1S/C22H29N3/c1-7-10-19-16(8-2)18-12-9-11-17-14(5)15(6)23-22(20(17)18)21(19)25-24-13(3)4/h8-15,23H,7H2,1-6H3/b16-8?,19-10+,25-24?. The van der Waals surface area contributed by atoms with Crippen LogP contribution < -0.4 is 15.8 Å². The van der Waals surface area contributed by atoms with Crippen LogP contribution in [0.1, 0.15) is 59.4 Å². The topological polar surface area (TPSA) is 36.8 Å². The summed E-state index contributed by atoms with van der Waals surface area (Å²) in [6, 6.07) is 7.24. The van der Waals surface area contributed by atoms with Gasteiger partial charge in [-0.05, 0) is 50.3 Å². The summed E-state index contributed by atoms with van der Waals surface area (Å²) in [5.41, 5.74) is 3.54. The van der Waals surface area contributed by atoms with Crippen molar-refractivity contribution in [1.29, 1.82) is 0 Å². The average molecular weight is 335 g/mol. The van der Waals surface area contributed by atoms with E-state index in [2.05, 4.69) is 82.3 Å². The lowest BCUT2D eigenvalue weighted by molar-refractivity contribution is 0.646. The molecular weight excluding hydrogens is 306 g/mol. The van der Waals surface area contributed by atoms with Gasteiger partial charge in [-0.25, -0.2) is 0 Å². The highest BCUT2D eigenvalue weighted by molar-refractivity contribution is 6.04. The molecule has 1 aliphatic heterocycles. The summed E-state index contributed by atoms with van der Waals surface area (Å²) in [6.07, 6.45) is 5.46. The third kappa shape index (κ3) is 2.97. The quantitative estimate of drug-likeness (QED) is 0.765. The van der Waals surface area contributed by atoms with Crippen molar-refractivity contribution in [3.05, 3.63) is 34.2 Å². The Bertz CT molecular complexity index is 938. The number of rotatable bonds is 3. The smallest absolute Gasteiger partial charge is 0.116 e. The summed E-state index contributed by atoms with van der Waals surface area (Å²) in [7, 11) is 0. The number of hydrogen-bond donors (Lipinski definition) is 1. The number of hydrogen-bond acceptors (Lipinski definition) is 3. The lowest BCUT2D eigenvalue weighted by Gasteiger charge is -2.32. The average Bonchev–Trinajstić information content (AvgIpc) is 2.59. The summed E-state index contributed by atoms with van der Waals surface area (Å²) >= 11 is 0. The Hall–Kier alpha value is -2.16. The minimum Gasteiger partial charge on any atom is -0.380 e. The van der Waals surface area contributed by atoms with E-state index in [-0.39, 0.29) is 6.04 Å². The van der Waals surface area contributed by atoms with Crippen molar-refractivity contribution >= 4 is 34.3 Å². The van der Waals surface area contributed by atoms with E-state index >= 15 is 0 Å². The Kier molecular flexibility index (Phi) is 4.94.